The molecule has 0 fully saturated rings. The molecule has 14 heteroatoms. The zero-order chi connectivity index (χ0) is 30.7. The van der Waals surface area contributed by atoms with E-state index in [9.17, 15) is 14.7 Å². The predicted octanol–water partition coefficient (Wildman–Crippen LogP) is 1.10. The van der Waals surface area contributed by atoms with Crippen molar-refractivity contribution < 1.29 is 33.6 Å². The van der Waals surface area contributed by atoms with Crippen LogP contribution in [0.2, 0.25) is 0 Å². The third kappa shape index (κ3) is 4.32. The number of aliphatic hydroxyl groups is 1. The molecular formula is C30H31N7O7. The van der Waals surface area contributed by atoms with Gasteiger partial charge in [-0.1, -0.05) is 18.2 Å². The Bertz CT molecular complexity index is 1690. The molecule has 4 N–H and O–H groups in total. The highest BCUT2D eigenvalue weighted by Gasteiger charge is 2.49. The van der Waals surface area contributed by atoms with Gasteiger partial charge in [0.25, 0.3) is 0 Å². The van der Waals surface area contributed by atoms with Crippen molar-refractivity contribution in [1.29, 1.82) is 0 Å². The number of methoxy groups -OCH3 is 1. The fourth-order valence-electron chi connectivity index (χ4n) is 6.29. The molecule has 1 aliphatic carbocycles. The number of hydrogen-bond donors (Lipinski definition) is 3. The Kier molecular flexibility index (Phi) is 6.46. The number of ether oxygens (including phenoxy) is 4. The molecule has 5 heterocycles. The van der Waals surface area contributed by atoms with E-state index in [1.54, 1.807) is 39.3 Å². The number of amidine groups is 1. The Hall–Kier alpha value is -5.11. The van der Waals surface area contributed by atoms with Crippen LogP contribution >= 0.6 is 0 Å². The molecule has 0 aromatic heterocycles. The van der Waals surface area contributed by atoms with Gasteiger partial charge in [-0.25, -0.2) is 4.79 Å². The lowest BCUT2D eigenvalue weighted by molar-refractivity contribution is -0.141. The van der Waals surface area contributed by atoms with E-state index in [0.29, 0.717) is 47.2 Å². The molecule has 7 rings (SSSR count). The number of fused-ring (bicyclic) bond motifs is 5. The third-order valence-corrected chi connectivity index (χ3v) is 8.27. The summed E-state index contributed by atoms with van der Waals surface area (Å²) < 4.78 is 23.6. The average molecular weight is 602 g/mol. The smallest absolute Gasteiger partial charge is 0.374 e. The van der Waals surface area contributed by atoms with Gasteiger partial charge in [-0.05, 0) is 31.9 Å². The molecule has 4 unspecified atom stereocenters. The molecule has 1 amide bonds. The molecule has 0 bridgehead atoms. The highest BCUT2D eigenvalue weighted by Crippen LogP contribution is 2.55. The molecule has 0 radical (unpaired) electrons. The first-order valence-electron chi connectivity index (χ1n) is 14.2. The second-order valence-electron chi connectivity index (χ2n) is 11.1. The second-order valence-corrected chi connectivity index (χ2v) is 11.1. The normalized spacial score (nSPS) is 28.5. The number of carbonyl (C=O) groups is 2. The Labute approximate surface area is 252 Å². The minimum Gasteiger partial charge on any atom is -0.496 e. The molecule has 1 aromatic carbocycles. The van der Waals surface area contributed by atoms with Crippen molar-refractivity contribution in [2.75, 3.05) is 26.9 Å². The molecular weight excluding hydrogens is 570 g/mol. The summed E-state index contributed by atoms with van der Waals surface area (Å²) in [4.78, 5) is 41.2. The minimum absolute atomic E-state index is 0.0176. The van der Waals surface area contributed by atoms with Crippen molar-refractivity contribution >= 4 is 35.0 Å². The number of carbonyl (C=O) groups excluding carboxylic acids is 2. The van der Waals surface area contributed by atoms with Gasteiger partial charge in [-0.3, -0.25) is 14.7 Å². The highest BCUT2D eigenvalue weighted by molar-refractivity contribution is 6.69. The molecule has 0 saturated heterocycles. The van der Waals surface area contributed by atoms with Crippen molar-refractivity contribution in [3.8, 4) is 17.2 Å². The number of hydrogen-bond acceptors (Lipinski definition) is 13. The first-order valence-corrected chi connectivity index (χ1v) is 14.2. The van der Waals surface area contributed by atoms with Gasteiger partial charge < -0.3 is 40.0 Å². The fraction of sp³-hybridized carbons (Fsp3) is 0.367. The summed E-state index contributed by atoms with van der Waals surface area (Å²) in [6, 6.07) is 1.74. The summed E-state index contributed by atoms with van der Waals surface area (Å²) in [5, 5.41) is 14.4. The van der Waals surface area contributed by atoms with Crippen molar-refractivity contribution in [3.63, 3.8) is 0 Å². The van der Waals surface area contributed by atoms with Crippen molar-refractivity contribution in [1.82, 2.24) is 15.1 Å². The molecule has 4 atom stereocenters. The number of guanidine groups is 1. The lowest BCUT2D eigenvalue weighted by Crippen LogP contribution is -2.53. The van der Waals surface area contributed by atoms with Gasteiger partial charge >= 0.3 is 11.9 Å². The SMILES string of the molecule is CCOC(=O)C1=CC(=CCN2C=CNC2N2CN=C3C(=O)N=C(N)N=C32)c2c(cc3c(c2OC)C2C=CCC(C)(O)C2O3)O1. The van der Waals surface area contributed by atoms with E-state index in [4.69, 9.17) is 24.7 Å². The van der Waals surface area contributed by atoms with E-state index in [1.165, 1.54) is 0 Å². The van der Waals surface area contributed by atoms with Gasteiger partial charge in [-0.2, -0.15) is 9.98 Å². The van der Waals surface area contributed by atoms with E-state index < -0.39 is 29.9 Å². The number of allylic oxidation sites excluding steroid dienone is 2. The maximum absolute atomic E-state index is 12.8. The largest absolute Gasteiger partial charge is 0.496 e. The number of aliphatic imine (C=N–C) groups is 3. The van der Waals surface area contributed by atoms with Crippen LogP contribution in [-0.2, 0) is 14.3 Å². The fourth-order valence-corrected chi connectivity index (χ4v) is 6.29. The molecule has 5 aliphatic heterocycles. The summed E-state index contributed by atoms with van der Waals surface area (Å²) in [7, 11) is 1.57. The number of amides is 1. The van der Waals surface area contributed by atoms with E-state index >= 15 is 0 Å². The number of esters is 1. The van der Waals surface area contributed by atoms with E-state index in [1.807, 2.05) is 34.2 Å². The van der Waals surface area contributed by atoms with Crippen molar-refractivity contribution in [2.24, 2.45) is 20.7 Å². The molecule has 228 valence electrons. The molecule has 6 aliphatic rings. The summed E-state index contributed by atoms with van der Waals surface area (Å²) in [5.41, 5.74) is 6.97. The average Bonchev–Trinajstić information content (AvgIpc) is 3.72. The van der Waals surface area contributed by atoms with Gasteiger partial charge in [0, 0.05) is 36.5 Å². The van der Waals surface area contributed by atoms with Gasteiger partial charge in [0.1, 0.15) is 35.6 Å². The molecule has 14 nitrogen and oxygen atoms in total. The van der Waals surface area contributed by atoms with E-state index in [2.05, 4.69) is 20.3 Å². The zero-order valence-electron chi connectivity index (χ0n) is 24.3. The number of nitrogens with two attached hydrogens (primary N) is 1. The van der Waals surface area contributed by atoms with Crippen LogP contribution in [0.3, 0.4) is 0 Å². The topological polar surface area (TPSA) is 173 Å². The monoisotopic (exact) mass is 601 g/mol. The van der Waals surface area contributed by atoms with Gasteiger partial charge in [-0.15, -0.1) is 0 Å². The van der Waals surface area contributed by atoms with Crippen LogP contribution in [0.1, 0.15) is 37.3 Å². The lowest BCUT2D eigenvalue weighted by Gasteiger charge is -2.34. The number of nitrogens with one attached hydrogen (secondary N) is 1. The highest BCUT2D eigenvalue weighted by atomic mass is 16.6. The number of rotatable bonds is 6. The van der Waals surface area contributed by atoms with Crippen LogP contribution in [0.15, 0.2) is 63.5 Å². The van der Waals surface area contributed by atoms with Crippen LogP contribution in [-0.4, -0.2) is 89.2 Å². The summed E-state index contributed by atoms with van der Waals surface area (Å²) in [6.07, 6.45) is 10.7. The molecule has 0 saturated carbocycles. The van der Waals surface area contributed by atoms with Crippen LogP contribution in [0.4, 0.5) is 0 Å². The first kappa shape index (κ1) is 27.7. The second kappa shape index (κ2) is 10.3. The number of nitrogens with zero attached hydrogens (tertiary/aromatic N) is 5. The van der Waals surface area contributed by atoms with Gasteiger partial charge in [0.2, 0.25) is 11.7 Å². The molecule has 0 spiro atoms. The van der Waals surface area contributed by atoms with Crippen molar-refractivity contribution in [3.05, 3.63) is 59.7 Å². The van der Waals surface area contributed by atoms with Gasteiger partial charge in [0.05, 0.1) is 19.3 Å². The van der Waals surface area contributed by atoms with Crippen LogP contribution < -0.4 is 25.3 Å². The van der Waals surface area contributed by atoms with Crippen LogP contribution in [0, 0.1) is 0 Å². The molecule has 1 aromatic rings. The van der Waals surface area contributed by atoms with Crippen LogP contribution in [0.25, 0.3) is 5.57 Å². The quantitative estimate of drug-likeness (QED) is 0.315. The zero-order valence-corrected chi connectivity index (χ0v) is 24.3. The first-order chi connectivity index (χ1) is 21.2. The molecule has 44 heavy (non-hydrogen) atoms. The maximum Gasteiger partial charge on any atom is 0.374 e. The van der Waals surface area contributed by atoms with Gasteiger partial charge in [0.15, 0.2) is 17.8 Å². The van der Waals surface area contributed by atoms with E-state index in [0.717, 1.165) is 5.56 Å². The standard InChI is InChI=1S/C30H31N7O7/c1-4-42-27(39)19-12-15(7-10-36-11-9-32-29(36)37-14-33-22-25(37)34-28(31)35-26(22)38)20-17(43-19)13-18-21(23(20)41-3)16-6-5-8-30(2,40)24(16)44-18/h5-7,9,11-13,16,24,29,32,40H,4,8,10,14H2,1-3H3,(H2,31,35,38). The summed E-state index contributed by atoms with van der Waals surface area (Å²) in [6.45, 7) is 4.22. The van der Waals surface area contributed by atoms with Crippen molar-refractivity contribution in [2.45, 2.75) is 44.2 Å². The van der Waals surface area contributed by atoms with E-state index in [-0.39, 0.29) is 36.6 Å². The predicted molar refractivity (Wildman–Crippen MR) is 159 cm³/mol. The summed E-state index contributed by atoms with van der Waals surface area (Å²) in [5.74, 6) is 0.311. The third-order valence-electron chi connectivity index (χ3n) is 8.27. The minimum atomic E-state index is -1.08. The summed E-state index contributed by atoms with van der Waals surface area (Å²) >= 11 is 0. The maximum atomic E-state index is 12.8. The Morgan fingerprint density at radius 1 is 1.34 bits per heavy atom. The lowest BCUT2D eigenvalue weighted by atomic mass is 9.78. The Morgan fingerprint density at radius 2 is 2.18 bits per heavy atom. The Balaban J connectivity index is 1.26. The van der Waals surface area contributed by atoms with Crippen LogP contribution in [0.5, 0.6) is 17.2 Å². The Morgan fingerprint density at radius 3 is 2.98 bits per heavy atom. The number of benzene rings is 1.